The standard InChI is InChI=1S/C15H21F2NO2/c1-15(2,3)20-14(19)12(9-18)8-10-5-4-6-11(7-10)13(16)17/h4-7,12-13H,8-9,18H2,1-3H3. The SMILES string of the molecule is CC(C)(C)OC(=O)C(CN)Cc1cccc(C(F)F)c1. The van der Waals surface area contributed by atoms with Gasteiger partial charge < -0.3 is 10.5 Å². The molecule has 5 heteroatoms. The van der Waals surface area contributed by atoms with E-state index in [0.29, 0.717) is 12.0 Å². The van der Waals surface area contributed by atoms with Gasteiger partial charge in [-0.1, -0.05) is 24.3 Å². The molecular formula is C15H21F2NO2. The predicted molar refractivity (Wildman–Crippen MR) is 73.5 cm³/mol. The fraction of sp³-hybridized carbons (Fsp3) is 0.533. The molecule has 0 saturated carbocycles. The van der Waals surface area contributed by atoms with E-state index >= 15 is 0 Å². The van der Waals surface area contributed by atoms with E-state index in [0.717, 1.165) is 0 Å². The van der Waals surface area contributed by atoms with Crippen molar-refractivity contribution in [2.45, 2.75) is 39.2 Å². The van der Waals surface area contributed by atoms with Crippen LogP contribution in [-0.4, -0.2) is 18.1 Å². The zero-order valence-electron chi connectivity index (χ0n) is 12.0. The first-order chi connectivity index (χ1) is 9.23. The monoisotopic (exact) mass is 285 g/mol. The molecule has 112 valence electrons. The Balaban J connectivity index is 2.78. The lowest BCUT2D eigenvalue weighted by Crippen LogP contribution is -2.33. The van der Waals surface area contributed by atoms with Crippen molar-refractivity contribution in [3.63, 3.8) is 0 Å². The van der Waals surface area contributed by atoms with Gasteiger partial charge in [0.1, 0.15) is 5.60 Å². The number of nitrogens with two attached hydrogens (primary N) is 1. The lowest BCUT2D eigenvalue weighted by molar-refractivity contribution is -0.159. The van der Waals surface area contributed by atoms with Gasteiger partial charge in [-0.15, -0.1) is 0 Å². The summed E-state index contributed by atoms with van der Waals surface area (Å²) in [6.07, 6.45) is -2.22. The van der Waals surface area contributed by atoms with Gasteiger partial charge in [0.25, 0.3) is 6.43 Å². The summed E-state index contributed by atoms with van der Waals surface area (Å²) in [5.41, 5.74) is 5.60. The smallest absolute Gasteiger partial charge is 0.311 e. The van der Waals surface area contributed by atoms with Gasteiger partial charge in [-0.05, 0) is 32.8 Å². The Morgan fingerprint density at radius 1 is 1.35 bits per heavy atom. The second kappa shape index (κ2) is 6.79. The van der Waals surface area contributed by atoms with Crippen LogP contribution in [0.4, 0.5) is 8.78 Å². The molecule has 0 bridgehead atoms. The molecule has 0 saturated heterocycles. The van der Waals surface area contributed by atoms with Crippen LogP contribution in [0.5, 0.6) is 0 Å². The number of benzene rings is 1. The van der Waals surface area contributed by atoms with Crippen LogP contribution in [0.3, 0.4) is 0 Å². The Morgan fingerprint density at radius 3 is 2.50 bits per heavy atom. The molecule has 0 fully saturated rings. The quantitative estimate of drug-likeness (QED) is 0.846. The molecule has 1 aromatic rings. The number of hydrogen-bond acceptors (Lipinski definition) is 3. The predicted octanol–water partition coefficient (Wildman–Crippen LogP) is 3.08. The van der Waals surface area contributed by atoms with Crippen LogP contribution < -0.4 is 5.73 Å². The molecule has 1 atom stereocenters. The van der Waals surface area contributed by atoms with E-state index in [1.54, 1.807) is 32.9 Å². The summed E-state index contributed by atoms with van der Waals surface area (Å²) in [5, 5.41) is 0. The summed E-state index contributed by atoms with van der Waals surface area (Å²) in [5.74, 6) is -0.926. The Labute approximate surface area is 118 Å². The number of hydrogen-bond donors (Lipinski definition) is 1. The minimum absolute atomic E-state index is 0.0533. The van der Waals surface area contributed by atoms with Crippen molar-refractivity contribution in [2.75, 3.05) is 6.54 Å². The summed E-state index contributed by atoms with van der Waals surface area (Å²) in [6.45, 7) is 5.44. The molecule has 2 N–H and O–H groups in total. The van der Waals surface area contributed by atoms with E-state index in [9.17, 15) is 13.6 Å². The van der Waals surface area contributed by atoms with Gasteiger partial charge >= 0.3 is 5.97 Å². The van der Waals surface area contributed by atoms with Crippen molar-refractivity contribution in [1.82, 2.24) is 0 Å². The Morgan fingerprint density at radius 2 is 2.00 bits per heavy atom. The van der Waals surface area contributed by atoms with Crippen molar-refractivity contribution >= 4 is 5.97 Å². The van der Waals surface area contributed by atoms with Crippen LogP contribution in [0, 0.1) is 5.92 Å². The zero-order chi connectivity index (χ0) is 15.3. The summed E-state index contributed by atoms with van der Waals surface area (Å²) in [6, 6.07) is 6.02. The van der Waals surface area contributed by atoms with Crippen LogP contribution >= 0.6 is 0 Å². The number of ether oxygens (including phenoxy) is 1. The number of carbonyl (C=O) groups excluding carboxylic acids is 1. The first kappa shape index (κ1) is 16.6. The van der Waals surface area contributed by atoms with Crippen molar-refractivity contribution in [3.8, 4) is 0 Å². The number of carbonyl (C=O) groups is 1. The largest absolute Gasteiger partial charge is 0.460 e. The molecule has 0 spiro atoms. The molecule has 0 radical (unpaired) electrons. The van der Waals surface area contributed by atoms with Gasteiger partial charge in [0.15, 0.2) is 0 Å². The molecule has 0 amide bonds. The van der Waals surface area contributed by atoms with Crippen LogP contribution in [-0.2, 0) is 16.0 Å². The van der Waals surface area contributed by atoms with Crippen molar-refractivity contribution in [3.05, 3.63) is 35.4 Å². The average molecular weight is 285 g/mol. The van der Waals surface area contributed by atoms with E-state index in [4.69, 9.17) is 10.5 Å². The highest BCUT2D eigenvalue weighted by Gasteiger charge is 2.24. The van der Waals surface area contributed by atoms with E-state index in [1.165, 1.54) is 12.1 Å². The van der Waals surface area contributed by atoms with Crippen LogP contribution in [0.2, 0.25) is 0 Å². The molecule has 0 aliphatic rings. The average Bonchev–Trinajstić information content (AvgIpc) is 2.34. The third-order valence-electron chi connectivity index (χ3n) is 2.71. The van der Waals surface area contributed by atoms with Gasteiger partial charge in [-0.2, -0.15) is 0 Å². The summed E-state index contributed by atoms with van der Waals surface area (Å²) < 4.78 is 30.5. The topological polar surface area (TPSA) is 52.3 Å². The first-order valence-corrected chi connectivity index (χ1v) is 6.53. The number of esters is 1. The Bertz CT molecular complexity index is 455. The number of rotatable bonds is 5. The molecular weight excluding hydrogens is 264 g/mol. The molecule has 3 nitrogen and oxygen atoms in total. The maximum absolute atomic E-state index is 12.6. The number of alkyl halides is 2. The normalized spacial score (nSPS) is 13.3. The lowest BCUT2D eigenvalue weighted by Gasteiger charge is -2.23. The maximum atomic E-state index is 12.6. The summed E-state index contributed by atoms with van der Waals surface area (Å²) >= 11 is 0. The molecule has 20 heavy (non-hydrogen) atoms. The van der Waals surface area contributed by atoms with E-state index in [1.807, 2.05) is 0 Å². The second-order valence-corrected chi connectivity index (χ2v) is 5.72. The van der Waals surface area contributed by atoms with Crippen LogP contribution in [0.1, 0.15) is 38.3 Å². The van der Waals surface area contributed by atoms with Crippen LogP contribution in [0.15, 0.2) is 24.3 Å². The molecule has 0 aliphatic heterocycles. The number of halogens is 2. The van der Waals surface area contributed by atoms with Gasteiger partial charge in [-0.3, -0.25) is 4.79 Å². The summed E-state index contributed by atoms with van der Waals surface area (Å²) in [4.78, 5) is 12.0. The molecule has 0 heterocycles. The second-order valence-electron chi connectivity index (χ2n) is 5.72. The van der Waals surface area contributed by atoms with Crippen LogP contribution in [0.25, 0.3) is 0 Å². The fourth-order valence-corrected chi connectivity index (χ4v) is 1.79. The third-order valence-corrected chi connectivity index (χ3v) is 2.71. The molecule has 0 aromatic heterocycles. The van der Waals surface area contributed by atoms with Crippen molar-refractivity contribution < 1.29 is 18.3 Å². The highest BCUT2D eigenvalue weighted by Crippen LogP contribution is 2.21. The van der Waals surface area contributed by atoms with Gasteiger partial charge in [0.2, 0.25) is 0 Å². The first-order valence-electron chi connectivity index (χ1n) is 6.53. The third kappa shape index (κ3) is 5.25. The van der Waals surface area contributed by atoms with Crippen molar-refractivity contribution in [2.24, 2.45) is 11.7 Å². The lowest BCUT2D eigenvalue weighted by atomic mass is 9.98. The van der Waals surface area contributed by atoms with E-state index < -0.39 is 23.9 Å². The Hall–Kier alpha value is -1.49. The minimum Gasteiger partial charge on any atom is -0.460 e. The fourth-order valence-electron chi connectivity index (χ4n) is 1.79. The minimum atomic E-state index is -2.52. The summed E-state index contributed by atoms with van der Waals surface area (Å²) in [7, 11) is 0. The highest BCUT2D eigenvalue weighted by atomic mass is 19.3. The Kier molecular flexibility index (Phi) is 5.62. The molecule has 0 aliphatic carbocycles. The highest BCUT2D eigenvalue weighted by molar-refractivity contribution is 5.73. The van der Waals surface area contributed by atoms with Crippen molar-refractivity contribution in [1.29, 1.82) is 0 Å². The van der Waals surface area contributed by atoms with E-state index in [-0.39, 0.29) is 12.1 Å². The maximum Gasteiger partial charge on any atom is 0.311 e. The van der Waals surface area contributed by atoms with Gasteiger partial charge in [-0.25, -0.2) is 8.78 Å². The van der Waals surface area contributed by atoms with Gasteiger partial charge in [0.05, 0.1) is 5.92 Å². The van der Waals surface area contributed by atoms with Gasteiger partial charge in [0, 0.05) is 12.1 Å². The molecule has 1 unspecified atom stereocenters. The molecule has 1 aromatic carbocycles. The zero-order valence-corrected chi connectivity index (χ0v) is 12.0. The van der Waals surface area contributed by atoms with E-state index in [2.05, 4.69) is 0 Å². The molecule has 1 rings (SSSR count).